The van der Waals surface area contributed by atoms with Gasteiger partial charge in [-0.2, -0.15) is 0 Å². The van der Waals surface area contributed by atoms with Crippen molar-refractivity contribution >= 4 is 0 Å². The minimum absolute atomic E-state index is 0.0179. The first-order valence-corrected chi connectivity index (χ1v) is 11.3. The van der Waals surface area contributed by atoms with E-state index in [1.165, 1.54) is 0 Å². The van der Waals surface area contributed by atoms with Crippen molar-refractivity contribution < 1.29 is 14.2 Å². The predicted octanol–water partition coefficient (Wildman–Crippen LogP) is 5.50. The van der Waals surface area contributed by atoms with Crippen LogP contribution in [0.15, 0.2) is 104 Å². The van der Waals surface area contributed by atoms with Gasteiger partial charge >= 0.3 is 0 Å². The summed E-state index contributed by atoms with van der Waals surface area (Å²) in [6, 6.07) is 30.7. The minimum atomic E-state index is -0.221. The second kappa shape index (κ2) is 10.6. The van der Waals surface area contributed by atoms with Crippen molar-refractivity contribution in [2.75, 3.05) is 6.61 Å². The van der Waals surface area contributed by atoms with Crippen LogP contribution >= 0.6 is 0 Å². The number of rotatable bonds is 10. The highest BCUT2D eigenvalue weighted by molar-refractivity contribution is 5.19. The average Bonchev–Trinajstić information content (AvgIpc) is 3.45. The number of hydrogen-bond donors (Lipinski definition) is 0. The van der Waals surface area contributed by atoms with Crippen molar-refractivity contribution in [3.05, 3.63) is 126 Å². The Morgan fingerprint density at radius 1 is 0.667 bits per heavy atom. The molecule has 0 unspecified atom stereocenters. The summed E-state index contributed by atoms with van der Waals surface area (Å²) in [6.45, 7) is 2.11. The Bertz CT molecular complexity index is 1120. The molecule has 0 saturated carbocycles. The van der Waals surface area contributed by atoms with Gasteiger partial charge in [-0.15, -0.1) is 0 Å². The van der Waals surface area contributed by atoms with E-state index in [2.05, 4.69) is 45.9 Å². The van der Waals surface area contributed by atoms with E-state index in [0.29, 0.717) is 26.4 Å². The zero-order chi connectivity index (χ0) is 22.3. The molecule has 0 saturated heterocycles. The summed E-state index contributed by atoms with van der Waals surface area (Å²) in [6.07, 6.45) is 3.34. The molecule has 0 fully saturated rings. The van der Waals surface area contributed by atoms with Crippen LogP contribution in [0, 0.1) is 0 Å². The molecule has 1 aliphatic rings. The van der Waals surface area contributed by atoms with Gasteiger partial charge in [0.05, 0.1) is 50.7 Å². The Labute approximate surface area is 194 Å². The molecule has 5 nitrogen and oxygen atoms in total. The Balaban J connectivity index is 1.32. The lowest BCUT2D eigenvalue weighted by Crippen LogP contribution is -2.29. The van der Waals surface area contributed by atoms with Gasteiger partial charge in [0.15, 0.2) is 0 Å². The van der Waals surface area contributed by atoms with Crippen LogP contribution < -0.4 is 0 Å². The van der Waals surface area contributed by atoms with Gasteiger partial charge in [-0.3, -0.25) is 0 Å². The van der Waals surface area contributed by atoms with E-state index in [0.717, 1.165) is 22.4 Å². The maximum absolute atomic E-state index is 6.49. The zero-order valence-electron chi connectivity index (χ0n) is 18.5. The van der Waals surface area contributed by atoms with Gasteiger partial charge in [0.1, 0.15) is 12.2 Å². The number of fused-ring (bicyclic) bond motifs is 1. The lowest BCUT2D eigenvalue weighted by molar-refractivity contribution is -0.101. The molecule has 33 heavy (non-hydrogen) atoms. The molecule has 2 heterocycles. The van der Waals surface area contributed by atoms with Crippen LogP contribution in [0.5, 0.6) is 0 Å². The Morgan fingerprint density at radius 3 is 1.82 bits per heavy atom. The number of benzene rings is 3. The largest absolute Gasteiger partial charge is 0.375 e. The van der Waals surface area contributed by atoms with Crippen LogP contribution in [-0.4, -0.2) is 22.3 Å². The zero-order valence-corrected chi connectivity index (χ0v) is 18.5. The lowest BCUT2D eigenvalue weighted by atomic mass is 10.1. The normalized spacial score (nSPS) is 19.5. The predicted molar refractivity (Wildman–Crippen MR) is 126 cm³/mol. The third kappa shape index (κ3) is 5.22. The van der Waals surface area contributed by atoms with Crippen LogP contribution in [0.3, 0.4) is 0 Å². The molecule has 168 valence electrons. The molecule has 0 spiro atoms. The fourth-order valence-electron chi connectivity index (χ4n) is 4.29. The number of ether oxygens (including phenoxy) is 3. The molecule has 3 aromatic carbocycles. The Morgan fingerprint density at radius 2 is 1.21 bits per heavy atom. The SMILES string of the molecule is c1ccc(COC[C@H]2[C@@H](OCc3ccccc3)[C@H](OCc3ccccc3)c3cncn32)cc1. The number of nitrogens with zero attached hydrogens (tertiary/aromatic N) is 2. The second-order valence-corrected chi connectivity index (χ2v) is 8.27. The third-order valence-corrected chi connectivity index (χ3v) is 5.98. The average molecular weight is 441 g/mol. The highest BCUT2D eigenvalue weighted by Crippen LogP contribution is 2.40. The summed E-state index contributed by atoms with van der Waals surface area (Å²) < 4.78 is 21.2. The molecule has 0 radical (unpaired) electrons. The van der Waals surface area contributed by atoms with E-state index in [-0.39, 0.29) is 18.2 Å². The summed E-state index contributed by atoms with van der Waals surface area (Å²) >= 11 is 0. The number of imidazole rings is 1. The summed E-state index contributed by atoms with van der Waals surface area (Å²) in [7, 11) is 0. The molecule has 0 aliphatic carbocycles. The molecule has 5 heteroatoms. The Kier molecular flexibility index (Phi) is 6.92. The maximum atomic E-state index is 6.49. The summed E-state index contributed by atoms with van der Waals surface area (Å²) in [5, 5.41) is 0. The van der Waals surface area contributed by atoms with Crippen LogP contribution in [-0.2, 0) is 34.0 Å². The van der Waals surface area contributed by atoms with Crippen molar-refractivity contribution in [3.8, 4) is 0 Å². The maximum Gasteiger partial charge on any atom is 0.128 e. The van der Waals surface area contributed by atoms with E-state index < -0.39 is 0 Å². The van der Waals surface area contributed by atoms with Gasteiger partial charge in [0.25, 0.3) is 0 Å². The fourth-order valence-corrected chi connectivity index (χ4v) is 4.29. The van der Waals surface area contributed by atoms with Gasteiger partial charge in [0, 0.05) is 0 Å². The van der Waals surface area contributed by atoms with Crippen LogP contribution in [0.2, 0.25) is 0 Å². The second-order valence-electron chi connectivity index (χ2n) is 8.27. The summed E-state index contributed by atoms with van der Waals surface area (Å²) in [5.74, 6) is 0. The molecule has 0 amide bonds. The van der Waals surface area contributed by atoms with Crippen molar-refractivity contribution in [2.45, 2.75) is 38.1 Å². The molecule has 3 atom stereocenters. The van der Waals surface area contributed by atoms with Gasteiger partial charge in [0.2, 0.25) is 0 Å². The smallest absolute Gasteiger partial charge is 0.128 e. The molecule has 0 N–H and O–H groups in total. The number of aromatic nitrogens is 2. The summed E-state index contributed by atoms with van der Waals surface area (Å²) in [4.78, 5) is 4.39. The highest BCUT2D eigenvalue weighted by Gasteiger charge is 2.43. The molecular weight excluding hydrogens is 412 g/mol. The molecular formula is C28H28N2O3. The van der Waals surface area contributed by atoms with E-state index in [9.17, 15) is 0 Å². The van der Waals surface area contributed by atoms with Crippen molar-refractivity contribution in [3.63, 3.8) is 0 Å². The quantitative estimate of drug-likeness (QED) is 0.327. The van der Waals surface area contributed by atoms with Crippen molar-refractivity contribution in [2.24, 2.45) is 0 Å². The molecule has 1 aliphatic heterocycles. The first-order chi connectivity index (χ1) is 16.4. The van der Waals surface area contributed by atoms with E-state index in [4.69, 9.17) is 14.2 Å². The molecule has 4 aromatic rings. The van der Waals surface area contributed by atoms with E-state index in [1.54, 1.807) is 0 Å². The molecule has 1 aromatic heterocycles. The molecule has 5 rings (SSSR count). The highest BCUT2D eigenvalue weighted by atomic mass is 16.5. The first kappa shape index (κ1) is 21.6. The molecule has 0 bridgehead atoms. The number of hydrogen-bond acceptors (Lipinski definition) is 4. The van der Waals surface area contributed by atoms with Gasteiger partial charge in [-0.05, 0) is 16.7 Å². The van der Waals surface area contributed by atoms with Crippen LogP contribution in [0.25, 0.3) is 0 Å². The first-order valence-electron chi connectivity index (χ1n) is 11.3. The Hall–Kier alpha value is -3.25. The van der Waals surface area contributed by atoms with Gasteiger partial charge in [-0.1, -0.05) is 91.0 Å². The van der Waals surface area contributed by atoms with Gasteiger partial charge < -0.3 is 18.8 Å². The standard InChI is InChI=1S/C28H28N2O3/c1-4-10-22(11-5-1)17-31-20-26-28(33-19-24-14-8-3-9-15-24)27(25-16-29-21-30(25)26)32-18-23-12-6-2-7-13-23/h1-16,21,26-28H,17-20H2/t26-,27+,28+/m0/s1. The monoisotopic (exact) mass is 440 g/mol. The van der Waals surface area contributed by atoms with Crippen LogP contribution in [0.4, 0.5) is 0 Å². The fraction of sp³-hybridized carbons (Fsp3) is 0.250. The third-order valence-electron chi connectivity index (χ3n) is 5.98. The van der Waals surface area contributed by atoms with Crippen molar-refractivity contribution in [1.82, 2.24) is 9.55 Å². The van der Waals surface area contributed by atoms with E-state index in [1.807, 2.05) is 67.1 Å². The summed E-state index contributed by atoms with van der Waals surface area (Å²) in [5.41, 5.74) is 4.45. The topological polar surface area (TPSA) is 45.5 Å². The van der Waals surface area contributed by atoms with Crippen LogP contribution in [0.1, 0.15) is 34.5 Å². The minimum Gasteiger partial charge on any atom is -0.375 e. The lowest BCUT2D eigenvalue weighted by Gasteiger charge is -2.26. The van der Waals surface area contributed by atoms with E-state index >= 15 is 0 Å². The van der Waals surface area contributed by atoms with Crippen molar-refractivity contribution in [1.29, 1.82) is 0 Å². The van der Waals surface area contributed by atoms with Gasteiger partial charge in [-0.25, -0.2) is 4.98 Å².